The van der Waals surface area contributed by atoms with E-state index in [1.165, 1.54) is 28.8 Å². The maximum atomic E-state index is 12.1. The van der Waals surface area contributed by atoms with Crippen LogP contribution in [0.1, 0.15) is 12.5 Å². The maximum Gasteiger partial charge on any atom is 0.487 e. The molecular formula is C21H31N10O19P3. The van der Waals surface area contributed by atoms with Gasteiger partial charge < -0.3 is 70.6 Å². The fourth-order valence-electron chi connectivity index (χ4n) is 5.26. The molecule has 32 heteroatoms. The smallest absolute Gasteiger partial charge is 0.487 e. The van der Waals surface area contributed by atoms with Crippen molar-refractivity contribution in [2.75, 3.05) is 24.7 Å². The Kier molecular flexibility index (Phi) is 11.4. The predicted molar refractivity (Wildman–Crippen MR) is 165 cm³/mol. The Hall–Kier alpha value is -3.57. The van der Waals surface area contributed by atoms with Crippen LogP contribution in [0.2, 0.25) is 0 Å². The highest BCUT2D eigenvalue weighted by Gasteiger charge is 2.48. The number of nitrogen functional groups attached to an aromatic ring is 2. The molecule has 0 aliphatic carbocycles. The summed E-state index contributed by atoms with van der Waals surface area (Å²) < 4.78 is 59.5. The molecule has 29 nitrogen and oxygen atoms in total. The standard InChI is InChI=1S/C11H18N5O14P3.C10H13N5O5/c1-15-3-16(8-5(15)9(19)14-11(12)13-8)10-7(18)6(17)4(28-10)2-27-32(23,24)30-33(25,26)29-31(20,21)22;11-10-13-7-4(8(19)14-10)12-2-15(7)9-6(18)5(17)3(1-16)20-9/h3-4,6-7,10,17-18H,2H2,1H3,(H6-,12,13,14,19,20,21,22,23,24,25,26);2-3,5-6,9,16-18H,1H2,(H3,11,13,14,19)/t4-,6-,7-,10-;3-,5-,6-,9-/m11/s1. The number of aryl methyl sites for hydroxylation is 1. The number of H-pyrrole nitrogens is 2. The summed E-state index contributed by atoms with van der Waals surface area (Å²) in [5, 5.41) is 49.3. The van der Waals surface area contributed by atoms with E-state index >= 15 is 0 Å². The monoisotopic (exact) mass is 820 g/mol. The second kappa shape index (κ2) is 14.9. The number of fused-ring (bicyclic) bond motifs is 2. The molecule has 0 aromatic carbocycles. The molecule has 2 fully saturated rings. The normalized spacial score (nSPS) is 28.5. The van der Waals surface area contributed by atoms with Crippen molar-refractivity contribution in [2.24, 2.45) is 7.05 Å². The Labute approximate surface area is 292 Å². The fourth-order valence-corrected chi connectivity index (χ4v) is 8.25. The van der Waals surface area contributed by atoms with Gasteiger partial charge in [0.2, 0.25) is 17.7 Å². The van der Waals surface area contributed by atoms with Gasteiger partial charge in [-0.3, -0.25) is 33.3 Å². The molecular weight excluding hydrogens is 789 g/mol. The van der Waals surface area contributed by atoms with Gasteiger partial charge in [-0.2, -0.15) is 9.29 Å². The van der Waals surface area contributed by atoms with E-state index in [2.05, 4.69) is 38.1 Å². The lowest BCUT2D eigenvalue weighted by molar-refractivity contribution is -0.745. The average molecular weight is 820 g/mol. The number of imidazole rings is 2. The van der Waals surface area contributed by atoms with E-state index in [1.54, 1.807) is 0 Å². The molecule has 53 heavy (non-hydrogen) atoms. The molecule has 2 unspecified atom stereocenters. The third-order valence-electron chi connectivity index (χ3n) is 7.45. The van der Waals surface area contributed by atoms with Crippen molar-refractivity contribution in [1.82, 2.24) is 34.1 Å². The first-order chi connectivity index (χ1) is 24.5. The molecule has 0 spiro atoms. The van der Waals surface area contributed by atoms with E-state index in [9.17, 15) is 48.6 Å². The third-order valence-corrected chi connectivity index (χ3v) is 11.2. The first-order valence-electron chi connectivity index (χ1n) is 14.4. The van der Waals surface area contributed by atoms with Crippen LogP contribution in [0.4, 0.5) is 11.9 Å². The number of rotatable bonds is 10. The van der Waals surface area contributed by atoms with Crippen molar-refractivity contribution >= 4 is 57.7 Å². The van der Waals surface area contributed by atoms with Crippen LogP contribution in [0.3, 0.4) is 0 Å². The number of hydrogen-bond acceptors (Lipinski definition) is 21. The molecule has 2 aliphatic rings. The number of hydrogen-bond donors (Lipinski definition) is 12. The number of aromatic amines is 2. The zero-order valence-electron chi connectivity index (χ0n) is 26.4. The summed E-state index contributed by atoms with van der Waals surface area (Å²) in [5.74, 6) is -0.355. The maximum absolute atomic E-state index is 12.1. The number of nitrogens with two attached hydrogens (primary N) is 2. The van der Waals surface area contributed by atoms with E-state index in [4.69, 9.17) is 40.7 Å². The van der Waals surface area contributed by atoms with Crippen LogP contribution in [0.15, 0.2) is 22.2 Å². The minimum absolute atomic E-state index is 0.0368. The first kappa shape index (κ1) is 40.6. The van der Waals surface area contributed by atoms with Gasteiger partial charge in [-0.15, -0.1) is 0 Å². The van der Waals surface area contributed by atoms with E-state index in [-0.39, 0.29) is 34.2 Å². The summed E-state index contributed by atoms with van der Waals surface area (Å²) in [5.41, 5.74) is 10.0. The van der Waals surface area contributed by atoms with Crippen molar-refractivity contribution in [1.29, 1.82) is 0 Å². The van der Waals surface area contributed by atoms with Crippen molar-refractivity contribution < 1.29 is 86.0 Å². The summed E-state index contributed by atoms with van der Waals surface area (Å²) >= 11 is 0. The van der Waals surface area contributed by atoms with Gasteiger partial charge in [-0.1, -0.05) is 4.98 Å². The second-order valence-electron chi connectivity index (χ2n) is 11.2. The lowest BCUT2D eigenvalue weighted by Gasteiger charge is -2.26. The Morgan fingerprint density at radius 2 is 1.57 bits per heavy atom. The Morgan fingerprint density at radius 1 is 0.943 bits per heavy atom. The summed E-state index contributed by atoms with van der Waals surface area (Å²) in [7, 11) is -15.6. The number of aliphatic hydroxyl groups excluding tert-OH is 5. The third kappa shape index (κ3) is 8.72. The zero-order valence-corrected chi connectivity index (χ0v) is 29.1. The lowest BCUT2D eigenvalue weighted by atomic mass is 10.1. The number of aliphatic hydroxyl groups is 5. The summed E-state index contributed by atoms with van der Waals surface area (Å²) in [6.07, 6.45) is -8.33. The van der Waals surface area contributed by atoms with Crippen molar-refractivity contribution in [2.45, 2.75) is 49.1 Å². The Bertz CT molecular complexity index is 2260. The highest BCUT2D eigenvalue weighted by atomic mass is 31.3. The SMILES string of the molecule is Cn1c[n+]([C@@H]2O[C@H](COP(=O)([O-])OP(=O)(O)OP(=O)(O)O)[C@@H](O)[C@H]2O)c2nc(N)[nH]c(=O)c21.Nc1nc2c(ncn2[C@@H]2O[C@H](CO)[C@@H](O)[C@H]2O)c(=O)[nH]1. The molecule has 4 aromatic rings. The fraction of sp³-hybridized carbons (Fsp3) is 0.524. The molecule has 0 saturated carbocycles. The molecule has 294 valence electrons. The Balaban J connectivity index is 0.000000230. The molecule has 14 N–H and O–H groups in total. The number of nitrogens with zero attached hydrogens (tertiary/aromatic N) is 6. The summed E-state index contributed by atoms with van der Waals surface area (Å²) in [4.78, 5) is 77.9. The minimum atomic E-state index is -5.79. The topological polar surface area (TPSA) is 452 Å². The van der Waals surface area contributed by atoms with E-state index in [1.807, 2.05) is 0 Å². The first-order valence-corrected chi connectivity index (χ1v) is 18.9. The van der Waals surface area contributed by atoms with Crippen LogP contribution >= 0.6 is 23.5 Å². The minimum Gasteiger partial charge on any atom is -0.756 e. The number of aromatic nitrogens is 8. The summed E-state index contributed by atoms with van der Waals surface area (Å²) in [6.45, 7) is -1.51. The molecule has 6 rings (SSSR count). The van der Waals surface area contributed by atoms with Crippen LogP contribution in [0.5, 0.6) is 0 Å². The van der Waals surface area contributed by atoms with Gasteiger partial charge in [0, 0.05) is 0 Å². The van der Waals surface area contributed by atoms with Gasteiger partial charge in [0.25, 0.3) is 24.9 Å². The van der Waals surface area contributed by atoms with Gasteiger partial charge in [-0.25, -0.2) is 23.0 Å². The average Bonchev–Trinajstić information content (AvgIpc) is 3.74. The number of nitrogens with one attached hydrogen (secondary N) is 2. The Morgan fingerprint density at radius 3 is 2.19 bits per heavy atom. The van der Waals surface area contributed by atoms with Crippen molar-refractivity contribution in [3.8, 4) is 0 Å². The van der Waals surface area contributed by atoms with E-state index in [0.717, 1.165) is 4.57 Å². The predicted octanol–water partition coefficient (Wildman–Crippen LogP) is -6.22. The van der Waals surface area contributed by atoms with Gasteiger partial charge >= 0.3 is 21.3 Å². The van der Waals surface area contributed by atoms with Crippen LogP contribution in [-0.4, -0.2) is 124 Å². The van der Waals surface area contributed by atoms with Crippen molar-refractivity contribution in [3.63, 3.8) is 0 Å². The number of ether oxygens (including phenoxy) is 2. The molecule has 4 aromatic heterocycles. The van der Waals surface area contributed by atoms with Gasteiger partial charge in [0.15, 0.2) is 23.7 Å². The number of phosphoric ester groups is 1. The van der Waals surface area contributed by atoms with Gasteiger partial charge in [-0.05, 0) is 0 Å². The van der Waals surface area contributed by atoms with E-state index in [0.29, 0.717) is 0 Å². The highest BCUT2D eigenvalue weighted by molar-refractivity contribution is 7.66. The van der Waals surface area contributed by atoms with Gasteiger partial charge in [0.1, 0.15) is 36.6 Å². The van der Waals surface area contributed by atoms with Crippen molar-refractivity contribution in [3.05, 3.63) is 33.4 Å². The molecule has 2 aliphatic heterocycles. The zero-order chi connectivity index (χ0) is 39.4. The molecule has 10 atom stereocenters. The van der Waals surface area contributed by atoms with Crippen LogP contribution in [0.25, 0.3) is 22.3 Å². The van der Waals surface area contributed by atoms with Crippen LogP contribution in [0, 0.1) is 0 Å². The molecule has 6 heterocycles. The number of phosphoric acid groups is 3. The molecule has 0 amide bonds. The van der Waals surface area contributed by atoms with Crippen LogP contribution < -0.4 is 32.0 Å². The number of anilines is 2. The quantitative estimate of drug-likeness (QED) is 0.0523. The summed E-state index contributed by atoms with van der Waals surface area (Å²) in [6, 6.07) is 0. The van der Waals surface area contributed by atoms with Crippen LogP contribution in [-0.2, 0) is 43.4 Å². The molecule has 0 bridgehead atoms. The van der Waals surface area contributed by atoms with Gasteiger partial charge in [0.05, 0.1) is 26.6 Å². The second-order valence-corrected chi connectivity index (χ2v) is 15.6. The molecule has 0 radical (unpaired) electrons. The van der Waals surface area contributed by atoms with E-state index < -0.39 is 96.9 Å². The highest BCUT2D eigenvalue weighted by Crippen LogP contribution is 2.65. The lowest BCUT2D eigenvalue weighted by Crippen LogP contribution is -2.46. The largest absolute Gasteiger partial charge is 0.756 e. The molecule has 2 saturated heterocycles.